The lowest BCUT2D eigenvalue weighted by Crippen LogP contribution is -2.53. The van der Waals surface area contributed by atoms with E-state index in [1.54, 1.807) is 12.1 Å². The predicted molar refractivity (Wildman–Crippen MR) is 69.2 cm³/mol. The molecule has 0 bridgehead atoms. The molecule has 1 aromatic rings. The molecule has 1 aliphatic rings. The number of aryl methyl sites for hydroxylation is 1. The van der Waals surface area contributed by atoms with E-state index in [0.717, 1.165) is 18.4 Å². The molecule has 0 saturated carbocycles. The van der Waals surface area contributed by atoms with Crippen LogP contribution in [0.4, 0.5) is 4.39 Å². The van der Waals surface area contributed by atoms with Crippen LogP contribution in [0.2, 0.25) is 0 Å². The molecule has 1 aromatic carbocycles. The third-order valence-corrected chi connectivity index (χ3v) is 4.85. The second kappa shape index (κ2) is 5.19. The quantitative estimate of drug-likeness (QED) is 0.634. The summed E-state index contributed by atoms with van der Waals surface area (Å²) in [6, 6.07) is 6.35. The first-order valence-electron chi connectivity index (χ1n) is 6.36. The summed E-state index contributed by atoms with van der Waals surface area (Å²) in [7, 11) is -2.45. The summed E-state index contributed by atoms with van der Waals surface area (Å²) in [6.45, 7) is 2.24. The fourth-order valence-corrected chi connectivity index (χ4v) is 3.38. The van der Waals surface area contributed by atoms with Crippen molar-refractivity contribution in [1.82, 2.24) is 0 Å². The topological polar surface area (TPSA) is 43.4 Å². The van der Waals surface area contributed by atoms with E-state index in [4.69, 9.17) is 4.28 Å². The number of hydroxylamine groups is 3. The van der Waals surface area contributed by atoms with Gasteiger partial charge in [0.15, 0.2) is 0 Å². The molecule has 0 radical (unpaired) electrons. The standard InChI is InChI=1S/C13H19FNO3S/c1-11-6-8-12(9-7-11)19(16,17)18-15(2)10-4-3-5-13(15)14/h6-9,13H,3-5,10H2,1-2H3/q+1. The first kappa shape index (κ1) is 14.4. The molecule has 0 aliphatic carbocycles. The lowest BCUT2D eigenvalue weighted by atomic mass is 10.1. The van der Waals surface area contributed by atoms with E-state index in [-0.39, 0.29) is 4.90 Å². The number of hydrogen-bond donors (Lipinski definition) is 0. The molecule has 1 heterocycles. The summed E-state index contributed by atoms with van der Waals surface area (Å²) in [4.78, 5) is 0.0650. The van der Waals surface area contributed by atoms with Gasteiger partial charge in [0.25, 0.3) is 6.30 Å². The van der Waals surface area contributed by atoms with E-state index >= 15 is 0 Å². The lowest BCUT2D eigenvalue weighted by Gasteiger charge is -2.35. The summed E-state index contributed by atoms with van der Waals surface area (Å²) >= 11 is 0. The Morgan fingerprint density at radius 3 is 2.47 bits per heavy atom. The number of quaternary nitrogens is 1. The summed E-state index contributed by atoms with van der Waals surface area (Å²) in [5.41, 5.74) is 0.959. The number of nitrogens with zero attached hydrogens (tertiary/aromatic N) is 1. The van der Waals surface area contributed by atoms with Gasteiger partial charge in [-0.2, -0.15) is 12.8 Å². The van der Waals surface area contributed by atoms with Gasteiger partial charge in [-0.3, -0.25) is 0 Å². The van der Waals surface area contributed by atoms with Gasteiger partial charge in [0, 0.05) is 6.42 Å². The number of hydrogen-bond acceptors (Lipinski definition) is 3. The van der Waals surface area contributed by atoms with Crippen molar-refractivity contribution < 1.29 is 21.7 Å². The molecule has 2 unspecified atom stereocenters. The summed E-state index contributed by atoms with van der Waals surface area (Å²) < 4.78 is 42.9. The van der Waals surface area contributed by atoms with E-state index in [1.165, 1.54) is 19.2 Å². The van der Waals surface area contributed by atoms with Crippen molar-refractivity contribution in [1.29, 1.82) is 0 Å². The zero-order valence-electron chi connectivity index (χ0n) is 11.2. The molecule has 0 aromatic heterocycles. The van der Waals surface area contributed by atoms with E-state index in [0.29, 0.717) is 13.0 Å². The molecule has 0 spiro atoms. The molecule has 2 atom stereocenters. The van der Waals surface area contributed by atoms with Crippen LogP contribution in [0.3, 0.4) is 0 Å². The van der Waals surface area contributed by atoms with Crippen LogP contribution in [-0.2, 0) is 14.4 Å². The smallest absolute Gasteiger partial charge is 0.189 e. The molecule has 4 nitrogen and oxygen atoms in total. The SMILES string of the molecule is Cc1ccc(S(=O)(=O)O[N+]2(C)CCCCC2F)cc1. The predicted octanol–water partition coefficient (Wildman–Crippen LogP) is 2.54. The maximum absolute atomic E-state index is 13.9. The Kier molecular flexibility index (Phi) is 3.94. The van der Waals surface area contributed by atoms with Crippen LogP contribution in [0.25, 0.3) is 0 Å². The van der Waals surface area contributed by atoms with Gasteiger partial charge in [0.2, 0.25) is 0 Å². The van der Waals surface area contributed by atoms with E-state index in [9.17, 15) is 12.8 Å². The highest BCUT2D eigenvalue weighted by molar-refractivity contribution is 7.86. The Balaban J connectivity index is 2.23. The van der Waals surface area contributed by atoms with Crippen molar-refractivity contribution in [3.8, 4) is 0 Å². The summed E-state index contributed by atoms with van der Waals surface area (Å²) in [5.74, 6) is 0. The Morgan fingerprint density at radius 2 is 1.89 bits per heavy atom. The first-order valence-corrected chi connectivity index (χ1v) is 7.76. The molecule has 19 heavy (non-hydrogen) atoms. The van der Waals surface area contributed by atoms with Crippen molar-refractivity contribution in [3.63, 3.8) is 0 Å². The van der Waals surface area contributed by atoms with E-state index in [2.05, 4.69) is 0 Å². The minimum absolute atomic E-state index is 0.0650. The number of rotatable bonds is 3. The Labute approximate surface area is 113 Å². The van der Waals surface area contributed by atoms with Crippen LogP contribution in [0.5, 0.6) is 0 Å². The maximum Gasteiger partial charge on any atom is 0.342 e. The second-order valence-corrected chi connectivity index (χ2v) is 6.70. The fraction of sp³-hybridized carbons (Fsp3) is 0.538. The monoisotopic (exact) mass is 288 g/mol. The van der Waals surface area contributed by atoms with Gasteiger partial charge < -0.3 is 0 Å². The zero-order valence-corrected chi connectivity index (χ0v) is 12.0. The summed E-state index contributed by atoms with van der Waals surface area (Å²) in [6.07, 6.45) is 0.567. The van der Waals surface area contributed by atoms with E-state index in [1.807, 2.05) is 6.92 Å². The van der Waals surface area contributed by atoms with Crippen molar-refractivity contribution in [3.05, 3.63) is 29.8 Å². The number of halogens is 1. The number of alkyl halides is 1. The highest BCUT2D eigenvalue weighted by Crippen LogP contribution is 2.28. The third kappa shape index (κ3) is 3.13. The van der Waals surface area contributed by atoms with Gasteiger partial charge in [-0.05, 0) is 31.9 Å². The number of piperidine rings is 1. The second-order valence-electron chi connectivity index (χ2n) is 5.17. The van der Waals surface area contributed by atoms with Crippen molar-refractivity contribution in [2.24, 2.45) is 0 Å². The molecule has 0 N–H and O–H groups in total. The van der Waals surface area contributed by atoms with Crippen molar-refractivity contribution >= 4 is 10.1 Å². The normalized spacial score (nSPS) is 28.3. The van der Waals surface area contributed by atoms with Gasteiger partial charge in [-0.1, -0.05) is 22.0 Å². The molecule has 106 valence electrons. The Hall–Kier alpha value is -0.980. The van der Waals surface area contributed by atoms with Crippen LogP contribution >= 0.6 is 0 Å². The largest absolute Gasteiger partial charge is 0.342 e. The van der Waals surface area contributed by atoms with Crippen LogP contribution < -0.4 is 0 Å². The fourth-order valence-electron chi connectivity index (χ4n) is 2.21. The van der Waals surface area contributed by atoms with Crippen LogP contribution in [-0.4, -0.2) is 33.0 Å². The first-order chi connectivity index (χ1) is 8.83. The summed E-state index contributed by atoms with van der Waals surface area (Å²) in [5, 5.41) is 0. The Morgan fingerprint density at radius 1 is 1.26 bits per heavy atom. The molecule has 1 aliphatic heterocycles. The van der Waals surface area contributed by atoms with Gasteiger partial charge in [0.05, 0.1) is 4.90 Å². The zero-order chi connectivity index (χ0) is 14.1. The number of likely N-dealkylation sites (tertiary alicyclic amines) is 1. The van der Waals surface area contributed by atoms with E-state index < -0.39 is 21.1 Å². The molecular weight excluding hydrogens is 269 g/mol. The molecule has 6 heteroatoms. The molecule has 2 rings (SSSR count). The number of benzene rings is 1. The molecule has 0 amide bonds. The van der Waals surface area contributed by atoms with Gasteiger partial charge in [-0.15, -0.1) is 4.65 Å². The van der Waals surface area contributed by atoms with Crippen LogP contribution in [0.1, 0.15) is 24.8 Å². The average molecular weight is 288 g/mol. The highest BCUT2D eigenvalue weighted by Gasteiger charge is 2.42. The third-order valence-electron chi connectivity index (χ3n) is 3.47. The maximum atomic E-state index is 13.9. The van der Waals surface area contributed by atoms with Gasteiger partial charge in [-0.25, -0.2) is 0 Å². The molecule has 1 fully saturated rings. The minimum atomic E-state index is -3.94. The Bertz CT molecular complexity index is 544. The molecule has 1 saturated heterocycles. The molecular formula is C13H19FNO3S+. The van der Waals surface area contributed by atoms with Crippen molar-refractivity contribution in [2.75, 3.05) is 13.6 Å². The average Bonchev–Trinajstić information content (AvgIpc) is 2.33. The highest BCUT2D eigenvalue weighted by atomic mass is 32.2. The lowest BCUT2D eigenvalue weighted by molar-refractivity contribution is -1.10. The van der Waals surface area contributed by atoms with Crippen LogP contribution in [0.15, 0.2) is 29.2 Å². The van der Waals surface area contributed by atoms with Crippen LogP contribution in [0, 0.1) is 6.92 Å². The minimum Gasteiger partial charge on any atom is -0.189 e. The van der Waals surface area contributed by atoms with Gasteiger partial charge >= 0.3 is 10.1 Å². The van der Waals surface area contributed by atoms with Gasteiger partial charge in [0.1, 0.15) is 13.6 Å². The van der Waals surface area contributed by atoms with Crippen molar-refractivity contribution in [2.45, 2.75) is 37.4 Å².